The normalized spacial score (nSPS) is 10.8. The van der Waals surface area contributed by atoms with Crippen molar-refractivity contribution in [2.45, 2.75) is 20.0 Å². The number of nitrogens with one attached hydrogen (secondary N) is 1. The molecular formula is C19H22N2O5. The molecule has 0 fully saturated rings. The Hall–Kier alpha value is -3.22. The van der Waals surface area contributed by atoms with Crippen LogP contribution in [-0.4, -0.2) is 37.6 Å². The molecule has 0 atom stereocenters. The van der Waals surface area contributed by atoms with Crippen LogP contribution in [0.4, 0.5) is 0 Å². The van der Waals surface area contributed by atoms with Crippen molar-refractivity contribution in [3.63, 3.8) is 0 Å². The van der Waals surface area contributed by atoms with Crippen LogP contribution in [0, 0.1) is 0 Å². The van der Waals surface area contributed by atoms with Crippen molar-refractivity contribution < 1.29 is 24.1 Å². The van der Waals surface area contributed by atoms with Gasteiger partial charge >= 0.3 is 0 Å². The Morgan fingerprint density at radius 1 is 1.12 bits per heavy atom. The molecule has 0 spiro atoms. The van der Waals surface area contributed by atoms with E-state index in [2.05, 4.69) is 10.5 Å². The Morgan fingerprint density at radius 3 is 2.46 bits per heavy atom. The van der Waals surface area contributed by atoms with E-state index in [1.807, 2.05) is 13.8 Å². The van der Waals surface area contributed by atoms with E-state index < -0.39 is 5.91 Å². The number of phenols is 1. The first kappa shape index (κ1) is 19.1. The fourth-order valence-electron chi connectivity index (χ4n) is 2.18. The molecule has 2 N–H and O–H groups in total. The van der Waals surface area contributed by atoms with Crippen LogP contribution in [-0.2, 0) is 0 Å². The molecule has 0 aliphatic rings. The minimum absolute atomic E-state index is 0.00294. The van der Waals surface area contributed by atoms with Gasteiger partial charge in [-0.1, -0.05) is 0 Å². The second-order valence-corrected chi connectivity index (χ2v) is 5.65. The summed E-state index contributed by atoms with van der Waals surface area (Å²) in [4.78, 5) is 12.2. The van der Waals surface area contributed by atoms with Crippen LogP contribution < -0.4 is 19.6 Å². The zero-order chi connectivity index (χ0) is 19.1. The second-order valence-electron chi connectivity index (χ2n) is 5.65. The van der Waals surface area contributed by atoms with Gasteiger partial charge < -0.3 is 19.3 Å². The first-order valence-electron chi connectivity index (χ1n) is 7.99. The van der Waals surface area contributed by atoms with Crippen LogP contribution in [0.2, 0.25) is 0 Å². The van der Waals surface area contributed by atoms with Crippen LogP contribution in [0.3, 0.4) is 0 Å². The number of ether oxygens (including phenoxy) is 3. The fraction of sp³-hybridized carbons (Fsp3) is 0.263. The van der Waals surface area contributed by atoms with Crippen molar-refractivity contribution in [3.05, 3.63) is 47.5 Å². The van der Waals surface area contributed by atoms with Crippen LogP contribution in [0.5, 0.6) is 23.0 Å². The van der Waals surface area contributed by atoms with Gasteiger partial charge in [0.25, 0.3) is 5.91 Å². The van der Waals surface area contributed by atoms with E-state index in [9.17, 15) is 9.90 Å². The van der Waals surface area contributed by atoms with Gasteiger partial charge in [0.15, 0.2) is 0 Å². The second kappa shape index (κ2) is 8.75. The Morgan fingerprint density at radius 2 is 1.85 bits per heavy atom. The van der Waals surface area contributed by atoms with Gasteiger partial charge in [0.1, 0.15) is 23.0 Å². The van der Waals surface area contributed by atoms with Gasteiger partial charge in [0.05, 0.1) is 32.1 Å². The summed E-state index contributed by atoms with van der Waals surface area (Å²) < 4.78 is 15.8. The predicted molar refractivity (Wildman–Crippen MR) is 98.5 cm³/mol. The summed E-state index contributed by atoms with van der Waals surface area (Å²) in [6.07, 6.45) is 1.36. The number of amides is 1. The maximum Gasteiger partial charge on any atom is 0.275 e. The van der Waals surface area contributed by atoms with Crippen molar-refractivity contribution in [1.29, 1.82) is 0 Å². The topological polar surface area (TPSA) is 89.4 Å². The van der Waals surface area contributed by atoms with E-state index >= 15 is 0 Å². The van der Waals surface area contributed by atoms with E-state index in [4.69, 9.17) is 14.2 Å². The maximum absolute atomic E-state index is 12.2. The third-order valence-electron chi connectivity index (χ3n) is 3.40. The number of nitrogens with zero attached hydrogens (tertiary/aromatic N) is 1. The summed E-state index contributed by atoms with van der Waals surface area (Å²) >= 11 is 0. The van der Waals surface area contributed by atoms with Gasteiger partial charge in [0, 0.05) is 17.7 Å². The SMILES string of the molecule is COc1ccc(C(=O)N/N=C/c2ccc(OC(C)C)cc2O)c(OC)c1. The minimum Gasteiger partial charge on any atom is -0.507 e. The zero-order valence-corrected chi connectivity index (χ0v) is 15.1. The van der Waals surface area contributed by atoms with Crippen molar-refractivity contribution >= 4 is 12.1 Å². The van der Waals surface area contributed by atoms with Crippen LogP contribution in [0.15, 0.2) is 41.5 Å². The Labute approximate surface area is 152 Å². The highest BCUT2D eigenvalue weighted by molar-refractivity contribution is 5.97. The zero-order valence-electron chi connectivity index (χ0n) is 15.1. The number of carbonyl (C=O) groups is 1. The summed E-state index contributed by atoms with van der Waals surface area (Å²) in [6.45, 7) is 3.80. The summed E-state index contributed by atoms with van der Waals surface area (Å²) in [5.41, 5.74) is 3.16. The van der Waals surface area contributed by atoms with Gasteiger partial charge in [-0.3, -0.25) is 4.79 Å². The van der Waals surface area contributed by atoms with E-state index in [-0.39, 0.29) is 11.9 Å². The molecule has 0 unspecified atom stereocenters. The Bertz CT molecular complexity index is 803. The van der Waals surface area contributed by atoms with E-state index in [1.54, 1.807) is 30.3 Å². The molecule has 2 aromatic carbocycles. The molecule has 2 aromatic rings. The quantitative estimate of drug-likeness (QED) is 0.587. The highest BCUT2D eigenvalue weighted by Crippen LogP contribution is 2.25. The van der Waals surface area contributed by atoms with Crippen LogP contribution in [0.25, 0.3) is 0 Å². The first-order chi connectivity index (χ1) is 12.4. The van der Waals surface area contributed by atoms with E-state index in [1.165, 1.54) is 26.5 Å². The number of methoxy groups -OCH3 is 2. The summed E-state index contributed by atoms with van der Waals surface area (Å²) in [5.74, 6) is 1.07. The number of rotatable bonds is 7. The average Bonchev–Trinajstić information content (AvgIpc) is 2.62. The number of aromatic hydroxyl groups is 1. The third kappa shape index (κ3) is 4.89. The first-order valence-corrected chi connectivity index (χ1v) is 7.99. The number of phenolic OH excluding ortho intramolecular Hbond substituents is 1. The fourth-order valence-corrected chi connectivity index (χ4v) is 2.18. The summed E-state index contributed by atoms with van der Waals surface area (Å²) in [7, 11) is 3.00. The molecule has 0 saturated carbocycles. The molecule has 138 valence electrons. The van der Waals surface area contributed by atoms with E-state index in [0.717, 1.165) is 0 Å². The Kier molecular flexibility index (Phi) is 6.43. The van der Waals surface area contributed by atoms with Gasteiger partial charge in [-0.15, -0.1) is 0 Å². The molecule has 7 heteroatoms. The molecule has 26 heavy (non-hydrogen) atoms. The number of hydrogen-bond acceptors (Lipinski definition) is 6. The van der Waals surface area contributed by atoms with Gasteiger partial charge in [0.2, 0.25) is 0 Å². The lowest BCUT2D eigenvalue weighted by molar-refractivity contribution is 0.0952. The van der Waals surface area contributed by atoms with Crippen molar-refractivity contribution in [2.75, 3.05) is 14.2 Å². The number of benzene rings is 2. The molecule has 0 aliphatic carbocycles. The lowest BCUT2D eigenvalue weighted by atomic mass is 10.2. The highest BCUT2D eigenvalue weighted by Gasteiger charge is 2.12. The number of hydrazone groups is 1. The molecule has 1 amide bonds. The summed E-state index contributed by atoms with van der Waals surface area (Å²) in [5, 5.41) is 13.9. The largest absolute Gasteiger partial charge is 0.507 e. The monoisotopic (exact) mass is 358 g/mol. The standard InChI is InChI=1S/C19H22N2O5/c1-12(2)26-15-6-5-13(17(22)9-15)11-20-21-19(23)16-8-7-14(24-3)10-18(16)25-4/h5-12,22H,1-4H3,(H,21,23)/b20-11+. The van der Waals surface area contributed by atoms with Gasteiger partial charge in [-0.05, 0) is 38.1 Å². The molecular weight excluding hydrogens is 336 g/mol. The molecule has 0 saturated heterocycles. The maximum atomic E-state index is 12.2. The lowest BCUT2D eigenvalue weighted by Crippen LogP contribution is -2.18. The average molecular weight is 358 g/mol. The summed E-state index contributed by atoms with van der Waals surface area (Å²) in [6, 6.07) is 9.71. The van der Waals surface area contributed by atoms with Gasteiger partial charge in [-0.2, -0.15) is 5.10 Å². The van der Waals surface area contributed by atoms with Crippen molar-refractivity contribution in [3.8, 4) is 23.0 Å². The molecule has 0 bridgehead atoms. The minimum atomic E-state index is -0.444. The molecule has 0 heterocycles. The van der Waals surface area contributed by atoms with Crippen molar-refractivity contribution in [1.82, 2.24) is 5.43 Å². The number of carbonyl (C=O) groups excluding carboxylic acids is 1. The lowest BCUT2D eigenvalue weighted by Gasteiger charge is -2.10. The smallest absolute Gasteiger partial charge is 0.275 e. The number of hydrogen-bond donors (Lipinski definition) is 2. The van der Waals surface area contributed by atoms with Gasteiger partial charge in [-0.25, -0.2) is 5.43 Å². The van der Waals surface area contributed by atoms with Crippen LogP contribution >= 0.6 is 0 Å². The van der Waals surface area contributed by atoms with Crippen LogP contribution in [0.1, 0.15) is 29.8 Å². The molecule has 7 nitrogen and oxygen atoms in total. The van der Waals surface area contributed by atoms with E-state index in [0.29, 0.717) is 28.4 Å². The Balaban J connectivity index is 2.07. The molecule has 0 aromatic heterocycles. The highest BCUT2D eigenvalue weighted by atomic mass is 16.5. The molecule has 0 aliphatic heterocycles. The van der Waals surface area contributed by atoms with Crippen molar-refractivity contribution in [2.24, 2.45) is 5.10 Å². The predicted octanol–water partition coefficient (Wildman–Crippen LogP) is 2.96. The molecule has 2 rings (SSSR count). The third-order valence-corrected chi connectivity index (χ3v) is 3.40. The molecule has 0 radical (unpaired) electrons.